The fraction of sp³-hybridized carbons (Fsp3) is 0.619. The van der Waals surface area contributed by atoms with Crippen molar-refractivity contribution >= 4 is 21.8 Å². The van der Waals surface area contributed by atoms with Gasteiger partial charge in [0, 0.05) is 37.7 Å². The van der Waals surface area contributed by atoms with Gasteiger partial charge in [-0.3, -0.25) is 9.59 Å². The van der Waals surface area contributed by atoms with Crippen LogP contribution in [0.2, 0.25) is 0 Å². The lowest BCUT2D eigenvalue weighted by Crippen LogP contribution is -2.41. The largest absolute Gasteiger partial charge is 0.495 e. The number of nitrogens with one attached hydrogen (secondary N) is 2. The molecule has 1 aliphatic carbocycles. The molecule has 0 atom stereocenters. The third kappa shape index (κ3) is 5.96. The molecule has 3 rings (SSSR count). The summed E-state index contributed by atoms with van der Waals surface area (Å²) >= 11 is 0. The quantitative estimate of drug-likeness (QED) is 0.571. The predicted molar refractivity (Wildman–Crippen MR) is 114 cm³/mol. The number of morpholine rings is 1. The number of nitrogens with zero attached hydrogens (tertiary/aromatic N) is 1. The number of carbonyl (C=O) groups is 2. The maximum Gasteiger partial charge on any atom is 0.251 e. The number of rotatable bonds is 8. The third-order valence-corrected chi connectivity index (χ3v) is 7.62. The highest BCUT2D eigenvalue weighted by molar-refractivity contribution is 7.89. The number of hydrogen-bond acceptors (Lipinski definition) is 6. The first kappa shape index (κ1) is 23.5. The minimum Gasteiger partial charge on any atom is -0.495 e. The number of hydrogen-bond donors (Lipinski definition) is 2. The van der Waals surface area contributed by atoms with E-state index in [2.05, 4.69) is 10.6 Å². The van der Waals surface area contributed by atoms with Crippen molar-refractivity contribution in [2.75, 3.05) is 46.5 Å². The van der Waals surface area contributed by atoms with Crippen molar-refractivity contribution in [3.63, 3.8) is 0 Å². The van der Waals surface area contributed by atoms with Crippen LogP contribution in [0.5, 0.6) is 5.75 Å². The van der Waals surface area contributed by atoms with Crippen LogP contribution in [-0.4, -0.2) is 71.0 Å². The number of ether oxygens (including phenoxy) is 2. The molecule has 0 unspecified atom stereocenters. The monoisotopic (exact) mass is 453 g/mol. The lowest BCUT2D eigenvalue weighted by molar-refractivity contribution is -0.125. The van der Waals surface area contributed by atoms with E-state index in [1.807, 2.05) is 0 Å². The van der Waals surface area contributed by atoms with E-state index >= 15 is 0 Å². The van der Waals surface area contributed by atoms with Crippen LogP contribution >= 0.6 is 0 Å². The zero-order chi connectivity index (χ0) is 22.3. The molecule has 2 fully saturated rings. The average Bonchev–Trinajstić information content (AvgIpc) is 2.82. The van der Waals surface area contributed by atoms with Crippen LogP contribution in [0.1, 0.15) is 42.5 Å². The topological polar surface area (TPSA) is 114 Å². The van der Waals surface area contributed by atoms with Crippen molar-refractivity contribution in [1.29, 1.82) is 0 Å². The van der Waals surface area contributed by atoms with E-state index in [4.69, 9.17) is 9.47 Å². The van der Waals surface area contributed by atoms with Gasteiger partial charge in [-0.15, -0.1) is 0 Å². The van der Waals surface area contributed by atoms with Crippen LogP contribution in [0.25, 0.3) is 0 Å². The van der Waals surface area contributed by atoms with E-state index in [0.29, 0.717) is 19.8 Å². The summed E-state index contributed by atoms with van der Waals surface area (Å²) in [6.45, 7) is 1.75. The normalized spacial score (nSPS) is 18.4. The Hall–Kier alpha value is -2.17. The molecule has 1 aromatic rings. The highest BCUT2D eigenvalue weighted by Gasteiger charge is 2.30. The summed E-state index contributed by atoms with van der Waals surface area (Å²) < 4.78 is 37.9. The van der Waals surface area contributed by atoms with Crippen LogP contribution in [0.4, 0.5) is 0 Å². The Morgan fingerprint density at radius 1 is 1.10 bits per heavy atom. The summed E-state index contributed by atoms with van der Waals surface area (Å²) in [4.78, 5) is 24.7. The molecular formula is C21H31N3O6S. The van der Waals surface area contributed by atoms with Gasteiger partial charge in [-0.25, -0.2) is 8.42 Å². The summed E-state index contributed by atoms with van der Waals surface area (Å²) in [5, 5.41) is 5.60. The summed E-state index contributed by atoms with van der Waals surface area (Å²) in [5.74, 6) is -0.118. The van der Waals surface area contributed by atoms with Gasteiger partial charge in [-0.1, -0.05) is 19.3 Å². The van der Waals surface area contributed by atoms with Crippen LogP contribution in [0.3, 0.4) is 0 Å². The Kier molecular flexibility index (Phi) is 8.28. The maximum absolute atomic E-state index is 13.0. The summed E-state index contributed by atoms with van der Waals surface area (Å²) in [7, 11) is -2.43. The average molecular weight is 454 g/mol. The molecular weight excluding hydrogens is 422 g/mol. The van der Waals surface area contributed by atoms with Crippen LogP contribution < -0.4 is 15.4 Å². The smallest absolute Gasteiger partial charge is 0.251 e. The molecule has 0 aromatic heterocycles. The molecule has 1 saturated heterocycles. The van der Waals surface area contributed by atoms with Crippen molar-refractivity contribution in [2.45, 2.75) is 37.0 Å². The number of carbonyl (C=O) groups excluding carboxylic acids is 2. The Morgan fingerprint density at radius 2 is 1.77 bits per heavy atom. The summed E-state index contributed by atoms with van der Waals surface area (Å²) in [6, 6.07) is 4.33. The van der Waals surface area contributed by atoms with E-state index in [1.165, 1.54) is 36.0 Å². The molecule has 2 aliphatic rings. The molecule has 1 aliphatic heterocycles. The van der Waals surface area contributed by atoms with Gasteiger partial charge in [0.05, 0.1) is 20.3 Å². The first-order valence-corrected chi connectivity index (χ1v) is 12.2. The first-order valence-electron chi connectivity index (χ1n) is 10.8. The van der Waals surface area contributed by atoms with E-state index < -0.39 is 15.9 Å². The zero-order valence-electron chi connectivity index (χ0n) is 17.9. The van der Waals surface area contributed by atoms with Gasteiger partial charge >= 0.3 is 0 Å². The van der Waals surface area contributed by atoms with Crippen molar-refractivity contribution in [3.8, 4) is 5.75 Å². The van der Waals surface area contributed by atoms with Crippen molar-refractivity contribution in [3.05, 3.63) is 23.8 Å². The minimum absolute atomic E-state index is 0.0392. The van der Waals surface area contributed by atoms with Crippen molar-refractivity contribution < 1.29 is 27.5 Å². The second-order valence-corrected chi connectivity index (χ2v) is 9.67. The van der Waals surface area contributed by atoms with Crippen LogP contribution in [0.15, 0.2) is 23.1 Å². The number of benzene rings is 1. The lowest BCUT2D eigenvalue weighted by atomic mass is 9.89. The third-order valence-electron chi connectivity index (χ3n) is 5.70. The Morgan fingerprint density at radius 3 is 2.45 bits per heavy atom. The highest BCUT2D eigenvalue weighted by atomic mass is 32.2. The minimum atomic E-state index is -3.82. The fourth-order valence-electron chi connectivity index (χ4n) is 3.92. The SMILES string of the molecule is COc1ccc(C(=O)NCCNC(=O)C2CCCCC2)cc1S(=O)(=O)N1CCOCC1. The second kappa shape index (κ2) is 10.9. The molecule has 1 aromatic carbocycles. The standard InChI is InChI=1S/C21H31N3O6S/c1-29-18-8-7-17(15-19(18)31(27,28)24-11-13-30-14-12-24)21(26)23-10-9-22-20(25)16-5-3-2-4-6-16/h7-8,15-16H,2-6,9-14H2,1H3,(H,22,25)(H,23,26). The van der Waals surface area contributed by atoms with E-state index in [-0.39, 0.29) is 47.7 Å². The second-order valence-electron chi connectivity index (χ2n) is 7.76. The van der Waals surface area contributed by atoms with Gasteiger partial charge in [0.2, 0.25) is 15.9 Å². The lowest BCUT2D eigenvalue weighted by Gasteiger charge is -2.26. The molecule has 1 heterocycles. The molecule has 9 nitrogen and oxygen atoms in total. The highest BCUT2D eigenvalue weighted by Crippen LogP contribution is 2.28. The molecule has 2 N–H and O–H groups in total. The van der Waals surface area contributed by atoms with E-state index in [1.54, 1.807) is 0 Å². The molecule has 2 amide bonds. The summed E-state index contributed by atoms with van der Waals surface area (Å²) in [6.07, 6.45) is 5.20. The summed E-state index contributed by atoms with van der Waals surface area (Å²) in [5.41, 5.74) is 0.214. The van der Waals surface area contributed by atoms with Crippen LogP contribution in [-0.2, 0) is 19.6 Å². The Bertz CT molecular complexity index is 877. The zero-order valence-corrected chi connectivity index (χ0v) is 18.7. The Labute approximate surface area is 183 Å². The van der Waals surface area contributed by atoms with Crippen LogP contribution in [0, 0.1) is 5.92 Å². The van der Waals surface area contributed by atoms with Crippen molar-refractivity contribution in [1.82, 2.24) is 14.9 Å². The molecule has 172 valence electrons. The molecule has 31 heavy (non-hydrogen) atoms. The van der Waals surface area contributed by atoms with Gasteiger partial charge in [0.1, 0.15) is 10.6 Å². The van der Waals surface area contributed by atoms with Gasteiger partial charge in [-0.05, 0) is 31.0 Å². The Balaban J connectivity index is 1.59. The molecule has 10 heteroatoms. The van der Waals surface area contributed by atoms with Gasteiger partial charge in [0.15, 0.2) is 0 Å². The van der Waals surface area contributed by atoms with E-state index in [9.17, 15) is 18.0 Å². The number of sulfonamides is 1. The first-order chi connectivity index (χ1) is 14.9. The molecule has 0 spiro atoms. The van der Waals surface area contributed by atoms with Gasteiger partial charge in [-0.2, -0.15) is 4.31 Å². The van der Waals surface area contributed by atoms with Gasteiger partial charge in [0.25, 0.3) is 5.91 Å². The number of amides is 2. The molecule has 0 radical (unpaired) electrons. The maximum atomic E-state index is 13.0. The number of methoxy groups -OCH3 is 1. The van der Waals surface area contributed by atoms with E-state index in [0.717, 1.165) is 25.7 Å². The fourth-order valence-corrected chi connectivity index (χ4v) is 5.51. The van der Waals surface area contributed by atoms with Gasteiger partial charge < -0.3 is 20.1 Å². The van der Waals surface area contributed by atoms with Crippen molar-refractivity contribution in [2.24, 2.45) is 5.92 Å². The predicted octanol–water partition coefficient (Wildman–Crippen LogP) is 1.14. The molecule has 0 bridgehead atoms. The molecule has 1 saturated carbocycles.